The molecule has 2 bridgehead atoms. The summed E-state index contributed by atoms with van der Waals surface area (Å²) < 4.78 is 1.96. The molecule has 4 nitrogen and oxygen atoms in total. The number of carbonyl (C=O) groups is 1. The number of aromatic nitrogens is 1. The highest BCUT2D eigenvalue weighted by Gasteiger charge is 2.36. The molecule has 4 heterocycles. The Balaban J connectivity index is 1.47. The second-order valence-corrected chi connectivity index (χ2v) is 8.39. The van der Waals surface area contributed by atoms with Crippen LogP contribution in [0.15, 0.2) is 64.8 Å². The molecule has 5 heteroatoms. The van der Waals surface area contributed by atoms with Gasteiger partial charge in [-0.05, 0) is 48.1 Å². The number of likely N-dealkylation sites (tertiary alicyclic amines) is 1. The van der Waals surface area contributed by atoms with Crippen molar-refractivity contribution in [2.45, 2.75) is 18.9 Å². The van der Waals surface area contributed by atoms with Crippen LogP contribution in [0.5, 0.6) is 0 Å². The van der Waals surface area contributed by atoms with Crippen LogP contribution in [0.4, 0.5) is 0 Å². The van der Waals surface area contributed by atoms with Gasteiger partial charge in [-0.25, -0.2) is 0 Å². The number of carbonyl (C=O) groups excluding carboxylic acids is 1. The third kappa shape index (κ3) is 2.82. The lowest BCUT2D eigenvalue weighted by atomic mass is 9.82. The lowest BCUT2D eigenvalue weighted by molar-refractivity contribution is 0.0594. The summed E-state index contributed by atoms with van der Waals surface area (Å²) >= 11 is 1.60. The number of hydrogen-bond donors (Lipinski definition) is 0. The van der Waals surface area contributed by atoms with E-state index in [4.69, 9.17) is 0 Å². The van der Waals surface area contributed by atoms with E-state index < -0.39 is 0 Å². The maximum atomic E-state index is 13.1. The van der Waals surface area contributed by atoms with Crippen LogP contribution in [-0.4, -0.2) is 28.5 Å². The van der Waals surface area contributed by atoms with Crippen LogP contribution >= 0.6 is 11.3 Å². The summed E-state index contributed by atoms with van der Waals surface area (Å²) in [6.07, 6.45) is 1.05. The van der Waals surface area contributed by atoms with Gasteiger partial charge in [0.15, 0.2) is 0 Å². The predicted molar refractivity (Wildman–Crippen MR) is 107 cm³/mol. The van der Waals surface area contributed by atoms with Gasteiger partial charge in [0.05, 0.1) is 5.56 Å². The third-order valence-electron chi connectivity index (χ3n) is 5.70. The fourth-order valence-corrected chi connectivity index (χ4v) is 5.24. The Hall–Kier alpha value is -2.66. The molecule has 1 aromatic carbocycles. The summed E-state index contributed by atoms with van der Waals surface area (Å²) in [5.74, 6) is 0.659. The molecule has 5 rings (SSSR count). The smallest absolute Gasteiger partial charge is 0.259 e. The molecule has 2 aromatic heterocycles. The van der Waals surface area contributed by atoms with E-state index in [2.05, 4.69) is 6.07 Å². The van der Waals surface area contributed by atoms with E-state index in [9.17, 15) is 9.59 Å². The molecule has 136 valence electrons. The Morgan fingerprint density at radius 3 is 2.59 bits per heavy atom. The Bertz CT molecular complexity index is 1040. The molecule has 0 saturated carbocycles. The molecule has 2 aliphatic heterocycles. The summed E-state index contributed by atoms with van der Waals surface area (Å²) in [5.41, 5.74) is 2.70. The first-order valence-corrected chi connectivity index (χ1v) is 10.2. The molecule has 0 radical (unpaired) electrons. The van der Waals surface area contributed by atoms with Crippen molar-refractivity contribution in [3.8, 4) is 10.4 Å². The van der Waals surface area contributed by atoms with Crippen LogP contribution in [0, 0.1) is 5.92 Å². The Labute approximate surface area is 161 Å². The highest BCUT2D eigenvalue weighted by atomic mass is 32.1. The SMILES string of the molecule is O=C(c1ccccc1)N1CC2CC(C1)c1ccc(-c3cccs3)c(=O)n1C2. The largest absolute Gasteiger partial charge is 0.338 e. The lowest BCUT2D eigenvalue weighted by Gasteiger charge is -2.43. The summed E-state index contributed by atoms with van der Waals surface area (Å²) in [4.78, 5) is 28.9. The maximum absolute atomic E-state index is 13.1. The number of rotatable bonds is 2. The molecule has 3 aromatic rings. The standard InChI is InChI=1S/C22H20N2O2S/c25-21(16-5-2-1-3-6-16)23-12-15-11-17(14-23)19-9-8-18(20-7-4-10-27-20)22(26)24(19)13-15/h1-10,15,17H,11-14H2. The fourth-order valence-electron chi connectivity index (χ4n) is 4.49. The van der Waals surface area contributed by atoms with Gasteiger partial charge in [0.1, 0.15) is 0 Å². The molecule has 0 spiro atoms. The van der Waals surface area contributed by atoms with Crippen molar-refractivity contribution < 1.29 is 4.79 Å². The van der Waals surface area contributed by atoms with Crippen LogP contribution < -0.4 is 5.56 Å². The van der Waals surface area contributed by atoms with Gasteiger partial charge >= 0.3 is 0 Å². The average molecular weight is 376 g/mol. The first-order chi connectivity index (χ1) is 13.2. The highest BCUT2D eigenvalue weighted by molar-refractivity contribution is 7.13. The number of benzene rings is 1. The van der Waals surface area contributed by atoms with Crippen LogP contribution in [-0.2, 0) is 6.54 Å². The molecule has 0 N–H and O–H groups in total. The van der Waals surface area contributed by atoms with E-state index in [-0.39, 0.29) is 17.4 Å². The van der Waals surface area contributed by atoms with Crippen molar-refractivity contribution in [1.29, 1.82) is 0 Å². The first-order valence-electron chi connectivity index (χ1n) is 9.32. The molecule has 1 saturated heterocycles. The predicted octanol–water partition coefficient (Wildman–Crippen LogP) is 3.84. The van der Waals surface area contributed by atoms with Crippen LogP contribution in [0.2, 0.25) is 0 Å². The van der Waals surface area contributed by atoms with E-state index in [0.29, 0.717) is 19.0 Å². The topological polar surface area (TPSA) is 42.3 Å². The molecule has 27 heavy (non-hydrogen) atoms. The summed E-state index contributed by atoms with van der Waals surface area (Å²) in [6, 6.07) is 17.5. The van der Waals surface area contributed by atoms with Gasteiger partial charge < -0.3 is 9.47 Å². The quantitative estimate of drug-likeness (QED) is 0.682. The number of fused-ring (bicyclic) bond motifs is 4. The maximum Gasteiger partial charge on any atom is 0.259 e. The second-order valence-electron chi connectivity index (χ2n) is 7.44. The van der Waals surface area contributed by atoms with Crippen molar-refractivity contribution in [3.05, 3.63) is 81.6 Å². The Kier molecular flexibility index (Phi) is 3.97. The van der Waals surface area contributed by atoms with E-state index in [0.717, 1.165) is 34.7 Å². The van der Waals surface area contributed by atoms with Gasteiger partial charge in [-0.2, -0.15) is 0 Å². The monoisotopic (exact) mass is 376 g/mol. The second kappa shape index (κ2) is 6.50. The number of hydrogen-bond acceptors (Lipinski definition) is 3. The van der Waals surface area contributed by atoms with Crippen molar-refractivity contribution in [2.75, 3.05) is 13.1 Å². The van der Waals surface area contributed by atoms with Crippen LogP contribution in [0.1, 0.15) is 28.4 Å². The molecular weight excluding hydrogens is 356 g/mol. The molecule has 1 fully saturated rings. The molecular formula is C22H20N2O2S. The average Bonchev–Trinajstić information content (AvgIpc) is 3.23. The zero-order chi connectivity index (χ0) is 18.4. The van der Waals surface area contributed by atoms with Crippen molar-refractivity contribution in [1.82, 2.24) is 9.47 Å². The minimum absolute atomic E-state index is 0.0938. The number of amides is 1. The van der Waals surface area contributed by atoms with E-state index in [1.165, 1.54) is 0 Å². The zero-order valence-electron chi connectivity index (χ0n) is 14.9. The number of piperidine rings is 1. The zero-order valence-corrected chi connectivity index (χ0v) is 15.7. The molecule has 0 aliphatic carbocycles. The van der Waals surface area contributed by atoms with Crippen molar-refractivity contribution in [3.63, 3.8) is 0 Å². The van der Waals surface area contributed by atoms with Crippen LogP contribution in [0.3, 0.4) is 0 Å². The summed E-state index contributed by atoms with van der Waals surface area (Å²) in [5, 5.41) is 2.00. The lowest BCUT2D eigenvalue weighted by Crippen LogP contribution is -2.49. The number of nitrogens with zero attached hydrogens (tertiary/aromatic N) is 2. The fraction of sp³-hybridized carbons (Fsp3) is 0.273. The molecule has 2 unspecified atom stereocenters. The van der Waals surface area contributed by atoms with Crippen LogP contribution in [0.25, 0.3) is 10.4 Å². The third-order valence-corrected chi connectivity index (χ3v) is 6.60. The van der Waals surface area contributed by atoms with E-state index in [1.807, 2.05) is 63.4 Å². The number of pyridine rings is 1. The molecule has 2 atom stereocenters. The molecule has 1 amide bonds. The van der Waals surface area contributed by atoms with Gasteiger partial charge in [-0.1, -0.05) is 24.3 Å². The number of thiophene rings is 1. The van der Waals surface area contributed by atoms with E-state index >= 15 is 0 Å². The van der Waals surface area contributed by atoms with Gasteiger partial charge in [0.25, 0.3) is 11.5 Å². The minimum Gasteiger partial charge on any atom is -0.338 e. The van der Waals surface area contributed by atoms with E-state index in [1.54, 1.807) is 11.3 Å². The van der Waals surface area contributed by atoms with Gasteiger partial charge in [0.2, 0.25) is 0 Å². The van der Waals surface area contributed by atoms with Crippen molar-refractivity contribution >= 4 is 17.2 Å². The first kappa shape index (κ1) is 16.5. The summed E-state index contributed by atoms with van der Waals surface area (Å²) in [7, 11) is 0. The highest BCUT2D eigenvalue weighted by Crippen LogP contribution is 2.36. The Morgan fingerprint density at radius 2 is 1.81 bits per heavy atom. The van der Waals surface area contributed by atoms with Gasteiger partial charge in [0, 0.05) is 41.7 Å². The van der Waals surface area contributed by atoms with Crippen molar-refractivity contribution in [2.24, 2.45) is 5.92 Å². The Morgan fingerprint density at radius 1 is 0.963 bits per heavy atom. The minimum atomic E-state index is 0.0938. The van der Waals surface area contributed by atoms with Gasteiger partial charge in [-0.15, -0.1) is 11.3 Å². The normalized spacial score (nSPS) is 21.0. The summed E-state index contributed by atoms with van der Waals surface area (Å²) in [6.45, 7) is 2.10. The molecule has 2 aliphatic rings. The van der Waals surface area contributed by atoms with Gasteiger partial charge in [-0.3, -0.25) is 9.59 Å².